The van der Waals surface area contributed by atoms with Gasteiger partial charge in [0, 0.05) is 12.6 Å². The van der Waals surface area contributed by atoms with Crippen molar-refractivity contribution in [2.45, 2.75) is 39.7 Å². The van der Waals surface area contributed by atoms with Crippen LogP contribution in [-0.4, -0.2) is 24.5 Å². The molecule has 6 heteroatoms. The molecule has 1 amide bonds. The normalized spacial score (nSPS) is 11.3. The Hall–Kier alpha value is -0.840. The van der Waals surface area contributed by atoms with Crippen LogP contribution < -0.4 is 10.6 Å². The van der Waals surface area contributed by atoms with Crippen molar-refractivity contribution < 1.29 is 4.79 Å². The summed E-state index contributed by atoms with van der Waals surface area (Å²) in [7, 11) is 1.89. The summed E-state index contributed by atoms with van der Waals surface area (Å²) in [4.78, 5) is 16.4. The highest BCUT2D eigenvalue weighted by molar-refractivity contribution is 5.85. The number of rotatable bonds is 7. The Balaban J connectivity index is 0. The first kappa shape index (κ1) is 22.4. The fourth-order valence-corrected chi connectivity index (χ4v) is 2.05. The van der Waals surface area contributed by atoms with Gasteiger partial charge in [-0.05, 0) is 44.5 Å². The number of aryl methyl sites for hydroxylation is 1. The lowest BCUT2D eigenvalue weighted by molar-refractivity contribution is -0.122. The van der Waals surface area contributed by atoms with Crippen LogP contribution in [-0.2, 0) is 4.79 Å². The molecule has 0 aliphatic carbocycles. The van der Waals surface area contributed by atoms with Gasteiger partial charge in [0.25, 0.3) is 0 Å². The number of amides is 1. The second-order valence-corrected chi connectivity index (χ2v) is 5.20. The summed E-state index contributed by atoms with van der Waals surface area (Å²) in [6, 6.07) is 3.94. The van der Waals surface area contributed by atoms with E-state index in [-0.39, 0.29) is 36.8 Å². The summed E-state index contributed by atoms with van der Waals surface area (Å²) in [6.07, 6.45) is 3.19. The predicted molar refractivity (Wildman–Crippen MR) is 92.4 cm³/mol. The van der Waals surface area contributed by atoms with E-state index < -0.39 is 0 Å². The van der Waals surface area contributed by atoms with Crippen molar-refractivity contribution in [1.29, 1.82) is 0 Å². The molecule has 4 nitrogen and oxygen atoms in total. The standard InChI is InChI=1S/C15H25N3O.2ClH/c1-11(2)14(15-12(3)7-5-10-17-15)18-13(19)8-6-9-16-4;;/h5,7,10-11,14,16H,6,8-9H2,1-4H3,(H,18,19);2*1H. The third-order valence-corrected chi connectivity index (χ3v) is 3.16. The Morgan fingerprint density at radius 3 is 2.52 bits per heavy atom. The van der Waals surface area contributed by atoms with E-state index in [0.29, 0.717) is 12.3 Å². The number of hydrogen-bond donors (Lipinski definition) is 2. The highest BCUT2D eigenvalue weighted by atomic mass is 35.5. The summed E-state index contributed by atoms with van der Waals surface area (Å²) in [5.74, 6) is 0.417. The molecule has 0 aromatic carbocycles. The first-order valence-electron chi connectivity index (χ1n) is 6.91. The molecule has 0 aliphatic heterocycles. The monoisotopic (exact) mass is 335 g/mol. The minimum Gasteiger partial charge on any atom is -0.347 e. The zero-order valence-electron chi connectivity index (χ0n) is 13.2. The Labute approximate surface area is 140 Å². The SMILES string of the molecule is CNCCCC(=O)NC(c1ncccc1C)C(C)C.Cl.Cl. The molecule has 0 radical (unpaired) electrons. The van der Waals surface area contributed by atoms with Crippen LogP contribution in [0.3, 0.4) is 0 Å². The van der Waals surface area contributed by atoms with Gasteiger partial charge in [0.15, 0.2) is 0 Å². The quantitative estimate of drug-likeness (QED) is 0.753. The zero-order chi connectivity index (χ0) is 14.3. The lowest BCUT2D eigenvalue weighted by Crippen LogP contribution is -2.33. The average Bonchev–Trinajstić information content (AvgIpc) is 2.37. The number of halogens is 2. The van der Waals surface area contributed by atoms with Gasteiger partial charge < -0.3 is 10.6 Å². The highest BCUT2D eigenvalue weighted by Crippen LogP contribution is 2.22. The van der Waals surface area contributed by atoms with Gasteiger partial charge in [-0.3, -0.25) is 9.78 Å². The van der Waals surface area contributed by atoms with Crippen molar-refractivity contribution in [1.82, 2.24) is 15.6 Å². The fraction of sp³-hybridized carbons (Fsp3) is 0.600. The molecule has 1 atom stereocenters. The molecule has 1 aromatic heterocycles. The molecule has 0 spiro atoms. The van der Waals surface area contributed by atoms with Crippen LogP contribution in [0, 0.1) is 12.8 Å². The molecule has 0 bridgehead atoms. The number of carbonyl (C=O) groups is 1. The van der Waals surface area contributed by atoms with Crippen molar-refractivity contribution in [3.05, 3.63) is 29.6 Å². The fourth-order valence-electron chi connectivity index (χ4n) is 2.05. The number of nitrogens with one attached hydrogen (secondary N) is 2. The lowest BCUT2D eigenvalue weighted by Gasteiger charge is -2.23. The molecule has 122 valence electrons. The Kier molecular flexibility index (Phi) is 12.6. The van der Waals surface area contributed by atoms with E-state index >= 15 is 0 Å². The number of aromatic nitrogens is 1. The van der Waals surface area contributed by atoms with Gasteiger partial charge in [0.2, 0.25) is 5.91 Å². The third-order valence-electron chi connectivity index (χ3n) is 3.16. The van der Waals surface area contributed by atoms with Crippen molar-refractivity contribution >= 4 is 30.7 Å². The summed E-state index contributed by atoms with van der Waals surface area (Å²) in [5.41, 5.74) is 2.09. The van der Waals surface area contributed by atoms with Crippen molar-refractivity contribution in [3.8, 4) is 0 Å². The maximum absolute atomic E-state index is 12.0. The summed E-state index contributed by atoms with van der Waals surface area (Å²) in [5, 5.41) is 6.15. The predicted octanol–water partition coefficient (Wildman–Crippen LogP) is 3.05. The molecular weight excluding hydrogens is 309 g/mol. The van der Waals surface area contributed by atoms with E-state index in [1.54, 1.807) is 6.20 Å². The van der Waals surface area contributed by atoms with Gasteiger partial charge in [-0.15, -0.1) is 24.8 Å². The topological polar surface area (TPSA) is 54.0 Å². The van der Waals surface area contributed by atoms with Crippen molar-refractivity contribution in [2.75, 3.05) is 13.6 Å². The molecule has 0 aliphatic rings. The minimum absolute atomic E-state index is 0. The van der Waals surface area contributed by atoms with Crippen LogP contribution in [0.25, 0.3) is 0 Å². The van der Waals surface area contributed by atoms with E-state index in [1.807, 2.05) is 26.1 Å². The maximum atomic E-state index is 12.0. The van der Waals surface area contributed by atoms with Crippen LogP contribution >= 0.6 is 24.8 Å². The minimum atomic E-state index is -0.0108. The number of pyridine rings is 1. The van der Waals surface area contributed by atoms with Crippen molar-refractivity contribution in [3.63, 3.8) is 0 Å². The lowest BCUT2D eigenvalue weighted by atomic mass is 9.97. The summed E-state index contributed by atoms with van der Waals surface area (Å²) < 4.78 is 0. The number of carbonyl (C=O) groups excluding carboxylic acids is 1. The first-order chi connectivity index (χ1) is 9.06. The molecule has 1 aromatic rings. The molecule has 0 fully saturated rings. The van der Waals surface area contributed by atoms with Gasteiger partial charge in [-0.25, -0.2) is 0 Å². The average molecular weight is 336 g/mol. The summed E-state index contributed by atoms with van der Waals surface area (Å²) in [6.45, 7) is 7.10. The highest BCUT2D eigenvalue weighted by Gasteiger charge is 2.20. The van der Waals surface area contributed by atoms with Crippen LogP contribution in [0.15, 0.2) is 18.3 Å². The van der Waals surface area contributed by atoms with Crippen LogP contribution in [0.5, 0.6) is 0 Å². The van der Waals surface area contributed by atoms with E-state index in [9.17, 15) is 4.79 Å². The van der Waals surface area contributed by atoms with E-state index in [4.69, 9.17) is 0 Å². The summed E-state index contributed by atoms with van der Waals surface area (Å²) >= 11 is 0. The molecule has 2 N–H and O–H groups in total. The van der Waals surface area contributed by atoms with E-state index in [2.05, 4.69) is 29.5 Å². The number of nitrogens with zero attached hydrogens (tertiary/aromatic N) is 1. The molecular formula is C15H27Cl2N3O. The second-order valence-electron chi connectivity index (χ2n) is 5.20. The molecule has 0 saturated carbocycles. The Morgan fingerprint density at radius 2 is 2.00 bits per heavy atom. The smallest absolute Gasteiger partial charge is 0.220 e. The zero-order valence-corrected chi connectivity index (χ0v) is 14.8. The first-order valence-corrected chi connectivity index (χ1v) is 6.91. The molecule has 1 rings (SSSR count). The molecule has 21 heavy (non-hydrogen) atoms. The van der Waals surface area contributed by atoms with Crippen LogP contribution in [0.2, 0.25) is 0 Å². The second kappa shape index (κ2) is 11.8. The van der Waals surface area contributed by atoms with Gasteiger partial charge >= 0.3 is 0 Å². The Bertz CT molecular complexity index is 414. The maximum Gasteiger partial charge on any atom is 0.220 e. The largest absolute Gasteiger partial charge is 0.347 e. The molecule has 0 saturated heterocycles. The van der Waals surface area contributed by atoms with Crippen LogP contribution in [0.4, 0.5) is 0 Å². The Morgan fingerprint density at radius 1 is 1.33 bits per heavy atom. The van der Waals surface area contributed by atoms with Crippen LogP contribution in [0.1, 0.15) is 44.0 Å². The molecule has 1 heterocycles. The van der Waals surface area contributed by atoms with Gasteiger partial charge in [0.1, 0.15) is 0 Å². The van der Waals surface area contributed by atoms with E-state index in [0.717, 1.165) is 24.2 Å². The number of hydrogen-bond acceptors (Lipinski definition) is 3. The third kappa shape index (κ3) is 7.65. The van der Waals surface area contributed by atoms with Crippen molar-refractivity contribution in [2.24, 2.45) is 5.92 Å². The molecule has 1 unspecified atom stereocenters. The van der Waals surface area contributed by atoms with Gasteiger partial charge in [-0.2, -0.15) is 0 Å². The van der Waals surface area contributed by atoms with E-state index in [1.165, 1.54) is 0 Å². The van der Waals surface area contributed by atoms with Gasteiger partial charge in [0.05, 0.1) is 11.7 Å². The van der Waals surface area contributed by atoms with Gasteiger partial charge in [-0.1, -0.05) is 19.9 Å².